The number of carbonyl (C=O) groups excluding carboxylic acids is 1. The summed E-state index contributed by atoms with van der Waals surface area (Å²) in [5.74, 6) is 0.682. The smallest absolute Gasteiger partial charge is 0.252 e. The average Bonchev–Trinajstić information content (AvgIpc) is 2.72. The molecule has 132 valence electrons. The number of rotatable bonds is 4. The highest BCUT2D eigenvalue weighted by Crippen LogP contribution is 2.19. The lowest BCUT2D eigenvalue weighted by Gasteiger charge is -2.26. The first-order chi connectivity index (χ1) is 12.8. The third-order valence-electron chi connectivity index (χ3n) is 4.80. The number of carbonyl (C=O) groups is 1. The molecule has 0 spiro atoms. The van der Waals surface area contributed by atoms with Crippen molar-refractivity contribution in [3.63, 3.8) is 0 Å². The number of hydrogen-bond donors (Lipinski definition) is 1. The van der Waals surface area contributed by atoms with Crippen molar-refractivity contribution in [3.05, 3.63) is 66.0 Å². The summed E-state index contributed by atoms with van der Waals surface area (Å²) in [5.41, 5.74) is 1.52. The van der Waals surface area contributed by atoms with E-state index in [-0.39, 0.29) is 5.91 Å². The van der Waals surface area contributed by atoms with Crippen LogP contribution in [0.5, 0.6) is 0 Å². The second kappa shape index (κ2) is 7.52. The van der Waals surface area contributed by atoms with Gasteiger partial charge in [-0.1, -0.05) is 36.4 Å². The van der Waals surface area contributed by atoms with Gasteiger partial charge in [0.1, 0.15) is 0 Å². The zero-order chi connectivity index (χ0) is 17.8. The molecule has 26 heavy (non-hydrogen) atoms. The van der Waals surface area contributed by atoms with E-state index in [4.69, 9.17) is 0 Å². The van der Waals surface area contributed by atoms with E-state index < -0.39 is 0 Å². The van der Waals surface area contributed by atoms with Crippen molar-refractivity contribution in [3.8, 4) is 0 Å². The zero-order valence-corrected chi connectivity index (χ0v) is 14.7. The van der Waals surface area contributed by atoms with Crippen molar-refractivity contribution >= 4 is 22.6 Å². The van der Waals surface area contributed by atoms with E-state index >= 15 is 0 Å². The lowest BCUT2D eigenvalue weighted by Crippen LogP contribution is -2.31. The van der Waals surface area contributed by atoms with Gasteiger partial charge in [-0.25, -0.2) is 9.97 Å². The molecule has 0 aliphatic carbocycles. The average molecular weight is 346 g/mol. The maximum absolute atomic E-state index is 12.7. The standard InChI is InChI=1S/C21H22N4O/c26-20(19-10-6-8-16-7-2-3-9-18(16)19)23-15-17-11-12-22-21(24-17)25-13-4-1-5-14-25/h2-3,6-12H,1,4-5,13-15H2,(H,23,26). The zero-order valence-electron chi connectivity index (χ0n) is 14.7. The Labute approximate surface area is 153 Å². The van der Waals surface area contributed by atoms with E-state index in [2.05, 4.69) is 20.2 Å². The Balaban J connectivity index is 1.47. The molecule has 1 aliphatic rings. The molecule has 3 aromatic rings. The van der Waals surface area contributed by atoms with Gasteiger partial charge >= 0.3 is 0 Å². The Hall–Kier alpha value is -2.95. The van der Waals surface area contributed by atoms with Crippen LogP contribution in [0.25, 0.3) is 10.8 Å². The minimum absolute atomic E-state index is 0.0834. The lowest BCUT2D eigenvalue weighted by molar-refractivity contribution is 0.0952. The van der Waals surface area contributed by atoms with Crippen LogP contribution >= 0.6 is 0 Å². The molecule has 1 amide bonds. The minimum atomic E-state index is -0.0834. The van der Waals surface area contributed by atoms with Crippen LogP contribution in [0.1, 0.15) is 35.3 Å². The summed E-state index contributed by atoms with van der Waals surface area (Å²) in [5, 5.41) is 5.02. The van der Waals surface area contributed by atoms with Gasteiger partial charge in [0.2, 0.25) is 5.95 Å². The number of nitrogens with zero attached hydrogens (tertiary/aromatic N) is 3. The minimum Gasteiger partial charge on any atom is -0.346 e. The second-order valence-corrected chi connectivity index (χ2v) is 6.61. The summed E-state index contributed by atoms with van der Waals surface area (Å²) in [6.45, 7) is 2.41. The normalized spacial score (nSPS) is 14.4. The van der Waals surface area contributed by atoms with E-state index in [0.717, 1.165) is 35.5 Å². The molecule has 4 rings (SSSR count). The van der Waals surface area contributed by atoms with E-state index in [0.29, 0.717) is 12.1 Å². The molecule has 1 saturated heterocycles. The first-order valence-corrected chi connectivity index (χ1v) is 9.14. The number of amides is 1. The maximum Gasteiger partial charge on any atom is 0.252 e. The molecule has 1 aromatic heterocycles. The molecule has 5 nitrogen and oxygen atoms in total. The van der Waals surface area contributed by atoms with Crippen LogP contribution in [-0.4, -0.2) is 29.0 Å². The fourth-order valence-corrected chi connectivity index (χ4v) is 3.42. The van der Waals surface area contributed by atoms with Gasteiger partial charge in [0, 0.05) is 24.8 Å². The topological polar surface area (TPSA) is 58.1 Å². The summed E-state index contributed by atoms with van der Waals surface area (Å²) >= 11 is 0. The maximum atomic E-state index is 12.7. The van der Waals surface area contributed by atoms with Crippen molar-refractivity contribution < 1.29 is 4.79 Å². The quantitative estimate of drug-likeness (QED) is 0.785. The third-order valence-corrected chi connectivity index (χ3v) is 4.80. The predicted molar refractivity (Wildman–Crippen MR) is 103 cm³/mol. The number of benzene rings is 2. The predicted octanol–water partition coefficient (Wildman–Crippen LogP) is 3.55. The van der Waals surface area contributed by atoms with E-state index in [1.165, 1.54) is 19.3 Å². The fraction of sp³-hybridized carbons (Fsp3) is 0.286. The van der Waals surface area contributed by atoms with Gasteiger partial charge in [-0.2, -0.15) is 0 Å². The first-order valence-electron chi connectivity index (χ1n) is 9.14. The third kappa shape index (κ3) is 3.52. The first kappa shape index (κ1) is 16.5. The summed E-state index contributed by atoms with van der Waals surface area (Å²) in [6.07, 6.45) is 5.42. The monoisotopic (exact) mass is 346 g/mol. The Morgan fingerprint density at radius 1 is 1.00 bits per heavy atom. The second-order valence-electron chi connectivity index (χ2n) is 6.61. The molecule has 0 saturated carbocycles. The van der Waals surface area contributed by atoms with E-state index in [1.807, 2.05) is 48.5 Å². The van der Waals surface area contributed by atoms with Gasteiger partial charge in [-0.15, -0.1) is 0 Å². The molecule has 0 atom stereocenters. The van der Waals surface area contributed by atoms with Gasteiger partial charge in [0.15, 0.2) is 0 Å². The van der Waals surface area contributed by atoms with Crippen molar-refractivity contribution in [2.45, 2.75) is 25.8 Å². The highest BCUT2D eigenvalue weighted by atomic mass is 16.1. The SMILES string of the molecule is O=C(NCc1ccnc(N2CCCCC2)n1)c1cccc2ccccc12. The van der Waals surface area contributed by atoms with Gasteiger partial charge in [-0.3, -0.25) is 4.79 Å². The number of fused-ring (bicyclic) bond motifs is 1. The van der Waals surface area contributed by atoms with Gasteiger partial charge in [0.25, 0.3) is 5.91 Å². The molecular weight excluding hydrogens is 324 g/mol. The van der Waals surface area contributed by atoms with Crippen LogP contribution in [-0.2, 0) is 6.54 Å². The molecule has 2 heterocycles. The van der Waals surface area contributed by atoms with Crippen LogP contribution in [0.2, 0.25) is 0 Å². The number of piperidine rings is 1. The molecule has 0 bridgehead atoms. The van der Waals surface area contributed by atoms with Gasteiger partial charge in [0.05, 0.1) is 12.2 Å². The molecule has 1 N–H and O–H groups in total. The Morgan fingerprint density at radius 2 is 1.81 bits per heavy atom. The largest absolute Gasteiger partial charge is 0.346 e. The highest BCUT2D eigenvalue weighted by molar-refractivity contribution is 6.06. The fourth-order valence-electron chi connectivity index (χ4n) is 3.42. The van der Waals surface area contributed by atoms with Crippen molar-refractivity contribution in [1.29, 1.82) is 0 Å². The van der Waals surface area contributed by atoms with Crippen LogP contribution in [0.4, 0.5) is 5.95 Å². The molecular formula is C21H22N4O. The van der Waals surface area contributed by atoms with Gasteiger partial charge < -0.3 is 10.2 Å². The Bertz CT molecular complexity index is 913. The Morgan fingerprint density at radius 3 is 2.69 bits per heavy atom. The van der Waals surface area contributed by atoms with Crippen molar-refractivity contribution in [2.75, 3.05) is 18.0 Å². The molecule has 2 aromatic carbocycles. The molecule has 5 heteroatoms. The summed E-state index contributed by atoms with van der Waals surface area (Å²) < 4.78 is 0. The summed E-state index contributed by atoms with van der Waals surface area (Å²) in [7, 11) is 0. The molecule has 1 fully saturated rings. The lowest BCUT2D eigenvalue weighted by atomic mass is 10.0. The van der Waals surface area contributed by atoms with E-state index in [1.54, 1.807) is 6.20 Å². The molecule has 0 radical (unpaired) electrons. The Kier molecular flexibility index (Phi) is 4.78. The number of aromatic nitrogens is 2. The molecule has 0 unspecified atom stereocenters. The van der Waals surface area contributed by atoms with Crippen molar-refractivity contribution in [1.82, 2.24) is 15.3 Å². The van der Waals surface area contributed by atoms with Crippen LogP contribution in [0.3, 0.4) is 0 Å². The van der Waals surface area contributed by atoms with Crippen LogP contribution < -0.4 is 10.2 Å². The van der Waals surface area contributed by atoms with E-state index in [9.17, 15) is 4.79 Å². The van der Waals surface area contributed by atoms with Crippen molar-refractivity contribution in [2.24, 2.45) is 0 Å². The molecule has 1 aliphatic heterocycles. The highest BCUT2D eigenvalue weighted by Gasteiger charge is 2.14. The van der Waals surface area contributed by atoms with Crippen LogP contribution in [0.15, 0.2) is 54.7 Å². The summed E-state index contributed by atoms with van der Waals surface area (Å²) in [4.78, 5) is 23.9. The number of hydrogen-bond acceptors (Lipinski definition) is 4. The van der Waals surface area contributed by atoms with Crippen LogP contribution in [0, 0.1) is 0 Å². The summed E-state index contributed by atoms with van der Waals surface area (Å²) in [6, 6.07) is 15.6. The number of nitrogens with one attached hydrogen (secondary N) is 1. The van der Waals surface area contributed by atoms with Gasteiger partial charge in [-0.05, 0) is 42.2 Å². The number of anilines is 1.